The summed E-state index contributed by atoms with van der Waals surface area (Å²) in [5.41, 5.74) is 0.894. The first kappa shape index (κ1) is 29.7. The maximum Gasteiger partial charge on any atom is 0.338 e. The summed E-state index contributed by atoms with van der Waals surface area (Å²) in [5.74, 6) is 0.308. The highest BCUT2D eigenvalue weighted by molar-refractivity contribution is 7.99. The van der Waals surface area contributed by atoms with Crippen molar-refractivity contribution in [3.63, 3.8) is 0 Å². The van der Waals surface area contributed by atoms with Gasteiger partial charge in [-0.05, 0) is 67.6 Å². The van der Waals surface area contributed by atoms with Gasteiger partial charge in [-0.15, -0.1) is 0 Å². The molecule has 220 valence electrons. The Labute approximate surface area is 253 Å². The van der Waals surface area contributed by atoms with E-state index < -0.39 is 22.5 Å². The number of allylic oxidation sites excluding steroid dienone is 1. The number of rotatable bonds is 9. The van der Waals surface area contributed by atoms with Crippen LogP contribution in [-0.2, 0) is 9.53 Å². The zero-order chi connectivity index (χ0) is 30.7. The molecule has 0 spiro atoms. The van der Waals surface area contributed by atoms with Crippen LogP contribution in [0.2, 0.25) is 0 Å². The third-order valence-corrected chi connectivity index (χ3v) is 8.45. The fraction of sp³-hybridized carbons (Fsp3) is 0.207. The maximum absolute atomic E-state index is 14.1. The first-order valence-electron chi connectivity index (χ1n) is 12.9. The van der Waals surface area contributed by atoms with Crippen LogP contribution in [0.3, 0.4) is 0 Å². The number of hydrogen-bond acceptors (Lipinski definition) is 12. The molecule has 0 saturated heterocycles. The molecule has 0 unspecified atom stereocenters. The van der Waals surface area contributed by atoms with Crippen molar-refractivity contribution in [3.05, 3.63) is 107 Å². The Morgan fingerprint density at radius 3 is 2.60 bits per heavy atom. The van der Waals surface area contributed by atoms with Gasteiger partial charge in [-0.1, -0.05) is 11.3 Å². The van der Waals surface area contributed by atoms with Crippen LogP contribution in [0.1, 0.15) is 31.0 Å². The number of fused-ring (bicyclic) bond motifs is 1. The smallest absolute Gasteiger partial charge is 0.338 e. The Balaban J connectivity index is 1.75. The van der Waals surface area contributed by atoms with Gasteiger partial charge in [0, 0.05) is 35.0 Å². The van der Waals surface area contributed by atoms with Crippen LogP contribution < -0.4 is 24.4 Å². The second kappa shape index (κ2) is 12.6. The summed E-state index contributed by atoms with van der Waals surface area (Å²) in [5, 5.41) is 12.1. The molecule has 0 bridgehead atoms. The number of hydrogen-bond donors (Lipinski definition) is 0. The largest absolute Gasteiger partial charge is 0.497 e. The molecular formula is C29H25N5O7S2. The van der Waals surface area contributed by atoms with Crippen molar-refractivity contribution in [3.8, 4) is 11.5 Å². The predicted octanol–water partition coefficient (Wildman–Crippen LogP) is 3.66. The molecule has 1 aliphatic rings. The minimum absolute atomic E-state index is 0.125. The third kappa shape index (κ3) is 5.92. The predicted molar refractivity (Wildman–Crippen MR) is 159 cm³/mol. The second-order valence-electron chi connectivity index (χ2n) is 9.02. The fourth-order valence-corrected chi connectivity index (χ4v) is 6.40. The highest BCUT2D eigenvalue weighted by atomic mass is 32.2. The Morgan fingerprint density at radius 2 is 1.93 bits per heavy atom. The average Bonchev–Trinajstić information content (AvgIpc) is 3.31. The van der Waals surface area contributed by atoms with Crippen molar-refractivity contribution in [2.75, 3.05) is 20.8 Å². The third-order valence-electron chi connectivity index (χ3n) is 6.48. The molecule has 0 saturated carbocycles. The Bertz CT molecular complexity index is 1940. The quantitative estimate of drug-likeness (QED) is 0.118. The van der Waals surface area contributed by atoms with Crippen LogP contribution in [-0.4, -0.2) is 46.3 Å². The lowest BCUT2D eigenvalue weighted by atomic mass is 9.94. The summed E-state index contributed by atoms with van der Waals surface area (Å²) in [4.78, 5) is 52.5. The standard InChI is InChI=1S/C29H25N5O7S2/c1-5-41-27(36)24-16(2)32-29-33(25(24)20-15-19(39-3)8-9-21(20)40-4)26(35)23(43-29)14-17-13-18(34(37)38)7-10-22(17)42-28-30-11-6-12-31-28/h6-15,25H,5H2,1-4H3/b23-14+/t25-/m1/s1. The van der Waals surface area contributed by atoms with Gasteiger partial charge in [0.25, 0.3) is 11.2 Å². The number of methoxy groups -OCH3 is 2. The number of benzene rings is 2. The number of aromatic nitrogens is 3. The molecule has 0 fully saturated rings. The molecule has 1 atom stereocenters. The van der Waals surface area contributed by atoms with E-state index in [4.69, 9.17) is 14.2 Å². The zero-order valence-electron chi connectivity index (χ0n) is 23.5. The monoisotopic (exact) mass is 619 g/mol. The number of nitrogens with zero attached hydrogens (tertiary/aromatic N) is 5. The highest BCUT2D eigenvalue weighted by Gasteiger charge is 2.35. The van der Waals surface area contributed by atoms with Crippen molar-refractivity contribution >= 4 is 40.8 Å². The minimum Gasteiger partial charge on any atom is -0.497 e. The van der Waals surface area contributed by atoms with E-state index in [0.717, 1.165) is 11.3 Å². The highest BCUT2D eigenvalue weighted by Crippen LogP contribution is 2.38. The van der Waals surface area contributed by atoms with Gasteiger partial charge in [0.05, 0.1) is 41.6 Å². The molecule has 12 nitrogen and oxygen atoms in total. The first-order chi connectivity index (χ1) is 20.7. The van der Waals surface area contributed by atoms with E-state index in [9.17, 15) is 19.7 Å². The number of ether oxygens (including phenoxy) is 3. The molecule has 5 rings (SSSR count). The van der Waals surface area contributed by atoms with E-state index in [0.29, 0.717) is 43.2 Å². The van der Waals surface area contributed by atoms with Crippen molar-refractivity contribution in [1.82, 2.24) is 14.5 Å². The second-order valence-corrected chi connectivity index (χ2v) is 11.0. The number of thiazole rings is 1. The first-order valence-corrected chi connectivity index (χ1v) is 14.5. The fourth-order valence-electron chi connectivity index (χ4n) is 4.57. The minimum atomic E-state index is -0.945. The molecular weight excluding hydrogens is 594 g/mol. The summed E-state index contributed by atoms with van der Waals surface area (Å²) in [6.07, 6.45) is 4.76. The van der Waals surface area contributed by atoms with Crippen LogP contribution in [0.15, 0.2) is 86.0 Å². The Morgan fingerprint density at radius 1 is 1.16 bits per heavy atom. The van der Waals surface area contributed by atoms with Gasteiger partial charge >= 0.3 is 5.97 Å². The summed E-state index contributed by atoms with van der Waals surface area (Å²) >= 11 is 2.31. The number of carbonyl (C=O) groups is 1. The molecule has 0 N–H and O–H groups in total. The van der Waals surface area contributed by atoms with E-state index in [1.807, 2.05) is 0 Å². The number of carbonyl (C=O) groups excluding carboxylic acids is 1. The lowest BCUT2D eigenvalue weighted by Gasteiger charge is -2.26. The SMILES string of the molecule is CCOC(=O)C1=C(C)N=c2s/c(=C/c3cc([N+](=O)[O-])ccc3Sc3ncccn3)c(=O)n2[C@@H]1c1cc(OC)ccc1OC. The number of non-ortho nitro benzene ring substituents is 1. The van der Waals surface area contributed by atoms with Gasteiger partial charge in [0.2, 0.25) is 0 Å². The van der Waals surface area contributed by atoms with Crippen LogP contribution >= 0.6 is 23.1 Å². The van der Waals surface area contributed by atoms with Gasteiger partial charge < -0.3 is 14.2 Å². The van der Waals surface area contributed by atoms with Gasteiger partial charge in [-0.25, -0.2) is 19.8 Å². The lowest BCUT2D eigenvalue weighted by molar-refractivity contribution is -0.384. The van der Waals surface area contributed by atoms with E-state index in [1.165, 1.54) is 42.7 Å². The summed E-state index contributed by atoms with van der Waals surface area (Å²) < 4.78 is 18.1. The Kier molecular flexibility index (Phi) is 8.68. The molecule has 0 amide bonds. The summed E-state index contributed by atoms with van der Waals surface area (Å²) in [7, 11) is 3.01. The molecule has 43 heavy (non-hydrogen) atoms. The van der Waals surface area contributed by atoms with Gasteiger partial charge in [0.1, 0.15) is 17.5 Å². The molecule has 3 heterocycles. The van der Waals surface area contributed by atoms with Crippen LogP contribution in [0.4, 0.5) is 5.69 Å². The maximum atomic E-state index is 14.1. The van der Waals surface area contributed by atoms with Crippen LogP contribution in [0.25, 0.3) is 6.08 Å². The number of nitro benzene ring substituents is 1. The zero-order valence-corrected chi connectivity index (χ0v) is 25.1. The van der Waals surface area contributed by atoms with Gasteiger partial charge in [-0.2, -0.15) is 0 Å². The van der Waals surface area contributed by atoms with Crippen molar-refractivity contribution in [2.45, 2.75) is 29.9 Å². The molecule has 1 aliphatic heterocycles. The van der Waals surface area contributed by atoms with Gasteiger partial charge in [0.15, 0.2) is 9.96 Å². The molecule has 0 radical (unpaired) electrons. The topological polar surface area (TPSA) is 148 Å². The van der Waals surface area contributed by atoms with E-state index in [1.54, 1.807) is 62.6 Å². The Hall–Kier alpha value is -4.82. The number of esters is 1. The van der Waals surface area contributed by atoms with Crippen molar-refractivity contribution < 1.29 is 23.9 Å². The normalized spacial score (nSPS) is 14.6. The molecule has 0 aliphatic carbocycles. The number of nitro groups is 1. The molecule has 14 heteroatoms. The van der Waals surface area contributed by atoms with Crippen LogP contribution in [0, 0.1) is 10.1 Å². The average molecular weight is 620 g/mol. The van der Waals surface area contributed by atoms with Crippen LogP contribution in [0.5, 0.6) is 11.5 Å². The van der Waals surface area contributed by atoms with E-state index >= 15 is 0 Å². The summed E-state index contributed by atoms with van der Waals surface area (Å²) in [6, 6.07) is 10.2. The molecule has 2 aromatic carbocycles. The van der Waals surface area contributed by atoms with Crippen molar-refractivity contribution in [1.29, 1.82) is 0 Å². The summed E-state index contributed by atoms with van der Waals surface area (Å²) in [6.45, 7) is 3.50. The van der Waals surface area contributed by atoms with E-state index in [2.05, 4.69) is 15.0 Å². The lowest BCUT2D eigenvalue weighted by Crippen LogP contribution is -2.40. The van der Waals surface area contributed by atoms with E-state index in [-0.39, 0.29) is 22.4 Å². The molecule has 4 aromatic rings. The van der Waals surface area contributed by atoms with Crippen molar-refractivity contribution in [2.24, 2.45) is 4.99 Å². The molecule has 2 aromatic heterocycles. The van der Waals surface area contributed by atoms with Gasteiger partial charge in [-0.3, -0.25) is 19.5 Å².